The molecule has 2 aliphatic rings. The van der Waals surface area contributed by atoms with Crippen LogP contribution in [0.1, 0.15) is 117 Å². The molecule has 0 aliphatic carbocycles. The molecule has 2 aliphatic heterocycles. The van der Waals surface area contributed by atoms with Crippen LogP contribution in [0.2, 0.25) is 0 Å². The lowest BCUT2D eigenvalue weighted by atomic mass is 10.1. The third kappa shape index (κ3) is 6.00. The monoisotopic (exact) mass is 337 g/mol. The van der Waals surface area contributed by atoms with Gasteiger partial charge in [-0.05, 0) is 19.3 Å². The van der Waals surface area contributed by atoms with Crippen molar-refractivity contribution in [2.45, 2.75) is 136 Å². The van der Waals surface area contributed by atoms with Crippen LogP contribution in [-0.4, -0.2) is 28.5 Å². The zero-order chi connectivity index (χ0) is 17.2. The molecule has 0 radical (unpaired) electrons. The van der Waals surface area contributed by atoms with Gasteiger partial charge in [0, 0.05) is 0 Å². The van der Waals surface area contributed by atoms with Gasteiger partial charge in [-0.25, -0.2) is 10.0 Å². The van der Waals surface area contributed by atoms with Gasteiger partial charge in [-0.15, -0.1) is 0 Å². The van der Waals surface area contributed by atoms with Crippen LogP contribution >= 0.6 is 0 Å². The van der Waals surface area contributed by atoms with Gasteiger partial charge in [0.05, 0.1) is 18.5 Å². The molecule has 142 valence electrons. The van der Waals surface area contributed by atoms with Crippen molar-refractivity contribution < 1.29 is 0 Å². The molecular weight excluding hydrogens is 294 g/mol. The van der Waals surface area contributed by atoms with Gasteiger partial charge < -0.3 is 0 Å². The number of fused-ring (bicyclic) bond motifs is 1. The van der Waals surface area contributed by atoms with Crippen LogP contribution < -0.4 is 5.32 Å². The number of hydrogen-bond donors (Lipinski definition) is 1. The van der Waals surface area contributed by atoms with E-state index in [2.05, 4.69) is 36.1 Å². The molecule has 0 aromatic heterocycles. The molecule has 0 saturated carbocycles. The number of nitrogens with zero attached hydrogens (tertiary/aromatic N) is 2. The highest BCUT2D eigenvalue weighted by Crippen LogP contribution is 2.42. The summed E-state index contributed by atoms with van der Waals surface area (Å²) in [6, 6.07) is 0. The fourth-order valence-electron chi connectivity index (χ4n) is 4.33. The first-order chi connectivity index (χ1) is 11.8. The molecule has 0 spiro atoms. The molecule has 24 heavy (non-hydrogen) atoms. The molecule has 2 rings (SSSR count). The Bertz CT molecular complexity index is 296. The summed E-state index contributed by atoms with van der Waals surface area (Å²) in [6.45, 7) is 6.92. The molecule has 2 heterocycles. The summed E-state index contributed by atoms with van der Waals surface area (Å²) in [5.41, 5.74) is 0. The van der Waals surface area contributed by atoms with Crippen molar-refractivity contribution in [1.82, 2.24) is 15.3 Å². The third-order valence-electron chi connectivity index (χ3n) is 5.82. The minimum atomic E-state index is 0.634. The van der Waals surface area contributed by atoms with Crippen molar-refractivity contribution in [3.63, 3.8) is 0 Å². The van der Waals surface area contributed by atoms with E-state index >= 15 is 0 Å². The van der Waals surface area contributed by atoms with E-state index in [1.54, 1.807) is 0 Å². The SMILES string of the molecule is CCCCCCC1NC(CCCCCC)N2C(CCCCCC)N12. The Hall–Kier alpha value is -0.120. The molecule has 3 nitrogen and oxygen atoms in total. The van der Waals surface area contributed by atoms with Crippen LogP contribution in [0.4, 0.5) is 0 Å². The fourth-order valence-corrected chi connectivity index (χ4v) is 4.33. The van der Waals surface area contributed by atoms with Gasteiger partial charge in [-0.1, -0.05) is 97.8 Å². The maximum Gasteiger partial charge on any atom is 0.0931 e. The largest absolute Gasteiger partial charge is 0.284 e. The average Bonchev–Trinajstić information content (AvgIpc) is 3.19. The van der Waals surface area contributed by atoms with Crippen molar-refractivity contribution in [3.05, 3.63) is 0 Å². The van der Waals surface area contributed by atoms with Crippen molar-refractivity contribution in [2.24, 2.45) is 0 Å². The van der Waals surface area contributed by atoms with Crippen molar-refractivity contribution in [1.29, 1.82) is 0 Å². The second kappa shape index (κ2) is 11.5. The number of hydrazine groups is 1. The van der Waals surface area contributed by atoms with Crippen molar-refractivity contribution >= 4 is 0 Å². The minimum absolute atomic E-state index is 0.634. The van der Waals surface area contributed by atoms with Crippen molar-refractivity contribution in [3.8, 4) is 0 Å². The van der Waals surface area contributed by atoms with Crippen LogP contribution in [0, 0.1) is 0 Å². The van der Waals surface area contributed by atoms with E-state index in [9.17, 15) is 0 Å². The number of rotatable bonds is 15. The lowest BCUT2D eigenvalue weighted by Crippen LogP contribution is -2.40. The van der Waals surface area contributed by atoms with E-state index in [-0.39, 0.29) is 0 Å². The van der Waals surface area contributed by atoms with Crippen LogP contribution in [0.15, 0.2) is 0 Å². The van der Waals surface area contributed by atoms with Gasteiger partial charge in [-0.3, -0.25) is 5.32 Å². The van der Waals surface area contributed by atoms with E-state index in [4.69, 9.17) is 0 Å². The Labute approximate surface area is 151 Å². The van der Waals surface area contributed by atoms with Gasteiger partial charge >= 0.3 is 0 Å². The van der Waals surface area contributed by atoms with Crippen LogP contribution in [0.3, 0.4) is 0 Å². The molecule has 2 saturated heterocycles. The van der Waals surface area contributed by atoms with Gasteiger partial charge in [0.15, 0.2) is 0 Å². The maximum absolute atomic E-state index is 3.93. The van der Waals surface area contributed by atoms with E-state index in [1.807, 2.05) is 0 Å². The highest BCUT2D eigenvalue weighted by molar-refractivity contribution is 4.98. The summed E-state index contributed by atoms with van der Waals surface area (Å²) in [4.78, 5) is 0. The molecule has 1 N–H and O–H groups in total. The molecule has 0 aromatic rings. The average molecular weight is 338 g/mol. The van der Waals surface area contributed by atoms with E-state index in [0.717, 1.165) is 6.17 Å². The van der Waals surface area contributed by atoms with Gasteiger partial charge in [0.1, 0.15) is 0 Å². The Kier molecular flexibility index (Phi) is 9.67. The third-order valence-corrected chi connectivity index (χ3v) is 5.82. The fraction of sp³-hybridized carbons (Fsp3) is 1.00. The first kappa shape index (κ1) is 20.2. The summed E-state index contributed by atoms with van der Waals surface area (Å²) in [5.74, 6) is 0. The second-order valence-corrected chi connectivity index (χ2v) is 7.99. The topological polar surface area (TPSA) is 18.0 Å². The normalized spacial score (nSPS) is 31.4. The molecular formula is C21H43N3. The number of hydrogen-bond acceptors (Lipinski definition) is 3. The quantitative estimate of drug-likeness (QED) is 0.291. The Morgan fingerprint density at radius 3 is 1.38 bits per heavy atom. The summed E-state index contributed by atoms with van der Waals surface area (Å²) in [7, 11) is 0. The van der Waals surface area contributed by atoms with E-state index in [1.165, 1.54) is 96.3 Å². The predicted molar refractivity (Wildman–Crippen MR) is 104 cm³/mol. The Morgan fingerprint density at radius 1 is 0.542 bits per heavy atom. The first-order valence-corrected chi connectivity index (χ1v) is 11.2. The highest BCUT2D eigenvalue weighted by atomic mass is 15.9. The molecule has 4 atom stereocenters. The molecule has 0 amide bonds. The Morgan fingerprint density at radius 2 is 0.958 bits per heavy atom. The molecule has 0 bridgehead atoms. The van der Waals surface area contributed by atoms with Gasteiger partial charge in [0.25, 0.3) is 0 Å². The zero-order valence-electron chi connectivity index (χ0n) is 16.7. The second-order valence-electron chi connectivity index (χ2n) is 7.99. The minimum Gasteiger partial charge on any atom is -0.284 e. The van der Waals surface area contributed by atoms with E-state index in [0.29, 0.717) is 12.3 Å². The summed E-state index contributed by atoms with van der Waals surface area (Å²) in [6.07, 6.45) is 22.8. The Balaban J connectivity index is 1.73. The maximum atomic E-state index is 3.93. The van der Waals surface area contributed by atoms with Gasteiger partial charge in [-0.2, -0.15) is 0 Å². The van der Waals surface area contributed by atoms with Crippen LogP contribution in [-0.2, 0) is 0 Å². The first-order valence-electron chi connectivity index (χ1n) is 11.2. The van der Waals surface area contributed by atoms with E-state index < -0.39 is 0 Å². The van der Waals surface area contributed by atoms with Crippen LogP contribution in [0.5, 0.6) is 0 Å². The number of unbranched alkanes of at least 4 members (excludes halogenated alkanes) is 9. The smallest absolute Gasteiger partial charge is 0.0931 e. The molecule has 3 heteroatoms. The summed E-state index contributed by atoms with van der Waals surface area (Å²) in [5, 5.41) is 9.32. The molecule has 0 aromatic carbocycles. The van der Waals surface area contributed by atoms with Crippen LogP contribution in [0.25, 0.3) is 0 Å². The molecule has 4 unspecified atom stereocenters. The highest BCUT2D eigenvalue weighted by Gasteiger charge is 2.57. The number of nitrogens with one attached hydrogen (secondary N) is 1. The summed E-state index contributed by atoms with van der Waals surface area (Å²) >= 11 is 0. The molecule has 2 fully saturated rings. The standard InChI is InChI=1S/C21H43N3/c1-4-7-10-13-16-19-22-20(17-14-11-8-5-2)24-21(23(19)24)18-15-12-9-6-3/h19-22H,4-18H2,1-3H3. The lowest BCUT2D eigenvalue weighted by Gasteiger charge is -2.20. The lowest BCUT2D eigenvalue weighted by molar-refractivity contribution is 0.288. The van der Waals surface area contributed by atoms with Gasteiger partial charge in [0.2, 0.25) is 0 Å². The van der Waals surface area contributed by atoms with Crippen molar-refractivity contribution in [2.75, 3.05) is 0 Å². The predicted octanol–water partition coefficient (Wildman–Crippen LogP) is 6.01. The summed E-state index contributed by atoms with van der Waals surface area (Å²) < 4.78 is 0. The zero-order valence-corrected chi connectivity index (χ0v) is 16.7.